The molecule has 2 saturated heterocycles. The van der Waals surface area contributed by atoms with Crippen LogP contribution in [0.3, 0.4) is 0 Å². The predicted molar refractivity (Wildman–Crippen MR) is 90.2 cm³/mol. The maximum absolute atomic E-state index is 12.1. The van der Waals surface area contributed by atoms with Gasteiger partial charge in [0.15, 0.2) is 0 Å². The van der Waals surface area contributed by atoms with Gasteiger partial charge in [0, 0.05) is 38.6 Å². The van der Waals surface area contributed by atoms with Gasteiger partial charge in [-0.05, 0) is 32.1 Å². The molecule has 2 fully saturated rings. The molecule has 1 aromatic heterocycles. The highest BCUT2D eigenvalue weighted by Crippen LogP contribution is 2.17. The summed E-state index contributed by atoms with van der Waals surface area (Å²) in [6.45, 7) is 4.54. The fourth-order valence-corrected chi connectivity index (χ4v) is 3.04. The van der Waals surface area contributed by atoms with Crippen LogP contribution in [0.15, 0.2) is 12.4 Å². The fourth-order valence-electron chi connectivity index (χ4n) is 3.04. The van der Waals surface area contributed by atoms with E-state index in [2.05, 4.69) is 20.2 Å². The van der Waals surface area contributed by atoms with Crippen molar-refractivity contribution in [3.8, 4) is 0 Å². The Morgan fingerprint density at radius 1 is 1.21 bits per heavy atom. The topological polar surface area (TPSA) is 76.6 Å². The molecule has 132 valence electrons. The Morgan fingerprint density at radius 2 is 2.00 bits per heavy atom. The van der Waals surface area contributed by atoms with Gasteiger partial charge in [-0.2, -0.15) is 0 Å². The summed E-state index contributed by atoms with van der Waals surface area (Å²) in [7, 11) is 0. The lowest BCUT2D eigenvalue weighted by Gasteiger charge is -2.26. The lowest BCUT2D eigenvalue weighted by molar-refractivity contribution is 0.0946. The van der Waals surface area contributed by atoms with Gasteiger partial charge in [0.25, 0.3) is 5.91 Å². The summed E-state index contributed by atoms with van der Waals surface area (Å²) in [5.74, 6) is 0.548. The first-order chi connectivity index (χ1) is 11.8. The molecule has 24 heavy (non-hydrogen) atoms. The third-order valence-corrected chi connectivity index (χ3v) is 4.46. The summed E-state index contributed by atoms with van der Waals surface area (Å²) in [4.78, 5) is 22.8. The second-order valence-corrected chi connectivity index (χ2v) is 6.26. The van der Waals surface area contributed by atoms with Crippen molar-refractivity contribution in [2.24, 2.45) is 0 Å². The van der Waals surface area contributed by atoms with Crippen molar-refractivity contribution in [2.75, 3.05) is 44.4 Å². The zero-order valence-electron chi connectivity index (χ0n) is 14.1. The molecule has 0 aromatic carbocycles. The quantitative estimate of drug-likeness (QED) is 0.760. The van der Waals surface area contributed by atoms with Gasteiger partial charge in [0.2, 0.25) is 5.95 Å². The fraction of sp³-hybridized carbons (Fsp3) is 0.706. The number of amides is 1. The van der Waals surface area contributed by atoms with E-state index in [9.17, 15) is 4.79 Å². The van der Waals surface area contributed by atoms with Crippen LogP contribution in [0.2, 0.25) is 0 Å². The van der Waals surface area contributed by atoms with Gasteiger partial charge in [-0.3, -0.25) is 4.79 Å². The summed E-state index contributed by atoms with van der Waals surface area (Å²) in [5, 5.41) is 2.93. The van der Waals surface area contributed by atoms with E-state index < -0.39 is 0 Å². The second-order valence-electron chi connectivity index (χ2n) is 6.26. The highest BCUT2D eigenvalue weighted by molar-refractivity contribution is 5.93. The molecule has 0 radical (unpaired) electrons. The van der Waals surface area contributed by atoms with Crippen molar-refractivity contribution in [3.05, 3.63) is 18.0 Å². The summed E-state index contributed by atoms with van der Waals surface area (Å²) in [6.07, 6.45) is 9.13. The SMILES string of the molecule is O=C(NCCCC[C@@H]1CCCO1)c1cnc(N2CCOCC2)nc1. The maximum atomic E-state index is 12.1. The summed E-state index contributed by atoms with van der Waals surface area (Å²) in [6, 6.07) is 0. The van der Waals surface area contributed by atoms with Crippen LogP contribution < -0.4 is 10.2 Å². The van der Waals surface area contributed by atoms with E-state index in [0.29, 0.717) is 37.4 Å². The van der Waals surface area contributed by atoms with E-state index in [1.807, 2.05) is 0 Å². The molecular weight excluding hydrogens is 308 g/mol. The van der Waals surface area contributed by atoms with E-state index in [1.54, 1.807) is 12.4 Å². The highest BCUT2D eigenvalue weighted by Gasteiger charge is 2.16. The molecule has 3 heterocycles. The van der Waals surface area contributed by atoms with Crippen molar-refractivity contribution in [1.29, 1.82) is 0 Å². The van der Waals surface area contributed by atoms with Gasteiger partial charge < -0.3 is 19.7 Å². The standard InChI is InChI=1S/C17H26N4O3/c22-16(18-6-2-1-4-15-5-3-9-24-15)14-12-19-17(20-13-14)21-7-10-23-11-8-21/h12-13,15H,1-11H2,(H,18,22)/t15-/m1/s1. The molecule has 0 saturated carbocycles. The lowest BCUT2D eigenvalue weighted by Crippen LogP contribution is -2.37. The van der Waals surface area contributed by atoms with Crippen LogP contribution in [0.1, 0.15) is 42.5 Å². The largest absolute Gasteiger partial charge is 0.378 e. The molecule has 1 atom stereocenters. The Labute approximate surface area is 142 Å². The van der Waals surface area contributed by atoms with Crippen molar-refractivity contribution < 1.29 is 14.3 Å². The first-order valence-electron chi connectivity index (χ1n) is 8.87. The number of nitrogens with one attached hydrogen (secondary N) is 1. The van der Waals surface area contributed by atoms with E-state index in [0.717, 1.165) is 39.0 Å². The average Bonchev–Trinajstić information content (AvgIpc) is 3.16. The van der Waals surface area contributed by atoms with E-state index in [-0.39, 0.29) is 5.91 Å². The first-order valence-corrected chi connectivity index (χ1v) is 8.87. The molecule has 7 heteroatoms. The van der Waals surface area contributed by atoms with Gasteiger partial charge in [0.05, 0.1) is 24.9 Å². The zero-order valence-corrected chi connectivity index (χ0v) is 14.1. The van der Waals surface area contributed by atoms with Crippen LogP contribution >= 0.6 is 0 Å². The molecule has 0 bridgehead atoms. The molecule has 0 aliphatic carbocycles. The molecular formula is C17H26N4O3. The number of ether oxygens (including phenoxy) is 2. The van der Waals surface area contributed by atoms with Gasteiger partial charge in [-0.25, -0.2) is 9.97 Å². The Kier molecular flexibility index (Phi) is 6.37. The monoisotopic (exact) mass is 334 g/mol. The molecule has 1 amide bonds. The van der Waals surface area contributed by atoms with E-state index in [4.69, 9.17) is 9.47 Å². The third-order valence-electron chi connectivity index (χ3n) is 4.46. The van der Waals surface area contributed by atoms with Gasteiger partial charge in [0.1, 0.15) is 0 Å². The third kappa shape index (κ3) is 4.88. The molecule has 0 spiro atoms. The minimum absolute atomic E-state index is 0.111. The predicted octanol–water partition coefficient (Wildman–Crippen LogP) is 1.39. The molecule has 7 nitrogen and oxygen atoms in total. The molecule has 3 rings (SSSR count). The molecule has 2 aliphatic heterocycles. The van der Waals surface area contributed by atoms with Crippen LogP contribution in [-0.2, 0) is 9.47 Å². The van der Waals surface area contributed by atoms with Gasteiger partial charge in [-0.15, -0.1) is 0 Å². The average molecular weight is 334 g/mol. The first kappa shape index (κ1) is 17.1. The molecule has 1 aromatic rings. The van der Waals surface area contributed by atoms with Crippen molar-refractivity contribution in [3.63, 3.8) is 0 Å². The minimum atomic E-state index is -0.111. The number of carbonyl (C=O) groups excluding carboxylic acids is 1. The van der Waals surface area contributed by atoms with Crippen molar-refractivity contribution >= 4 is 11.9 Å². The van der Waals surface area contributed by atoms with Crippen LogP contribution in [-0.4, -0.2) is 61.4 Å². The Bertz CT molecular complexity index is 511. The van der Waals surface area contributed by atoms with Crippen LogP contribution in [0.5, 0.6) is 0 Å². The van der Waals surface area contributed by atoms with E-state index in [1.165, 1.54) is 12.8 Å². The normalized spacial score (nSPS) is 21.0. The number of morpholine rings is 1. The van der Waals surface area contributed by atoms with E-state index >= 15 is 0 Å². The Balaban J connectivity index is 1.36. The summed E-state index contributed by atoms with van der Waals surface area (Å²) in [5.41, 5.74) is 0.506. The number of hydrogen-bond acceptors (Lipinski definition) is 6. The summed E-state index contributed by atoms with van der Waals surface area (Å²) >= 11 is 0. The zero-order chi connectivity index (χ0) is 16.6. The Hall–Kier alpha value is -1.73. The second kappa shape index (κ2) is 8.94. The van der Waals surface area contributed by atoms with Gasteiger partial charge in [-0.1, -0.05) is 0 Å². The summed E-state index contributed by atoms with van der Waals surface area (Å²) < 4.78 is 10.9. The van der Waals surface area contributed by atoms with Crippen molar-refractivity contribution in [2.45, 2.75) is 38.2 Å². The minimum Gasteiger partial charge on any atom is -0.378 e. The van der Waals surface area contributed by atoms with Crippen LogP contribution in [0.4, 0.5) is 5.95 Å². The number of unbranched alkanes of at least 4 members (excludes halogenated alkanes) is 1. The molecule has 2 aliphatic rings. The van der Waals surface area contributed by atoms with Crippen LogP contribution in [0, 0.1) is 0 Å². The highest BCUT2D eigenvalue weighted by atomic mass is 16.5. The number of carbonyl (C=O) groups is 1. The Morgan fingerprint density at radius 3 is 2.71 bits per heavy atom. The lowest BCUT2D eigenvalue weighted by atomic mass is 10.1. The molecule has 1 N–H and O–H groups in total. The number of rotatable bonds is 7. The van der Waals surface area contributed by atoms with Gasteiger partial charge >= 0.3 is 0 Å². The van der Waals surface area contributed by atoms with Crippen molar-refractivity contribution in [1.82, 2.24) is 15.3 Å². The number of aromatic nitrogens is 2. The number of anilines is 1. The van der Waals surface area contributed by atoms with Crippen LogP contribution in [0.25, 0.3) is 0 Å². The smallest absolute Gasteiger partial charge is 0.254 e. The maximum Gasteiger partial charge on any atom is 0.254 e. The number of nitrogens with zero attached hydrogens (tertiary/aromatic N) is 3. The number of hydrogen-bond donors (Lipinski definition) is 1. The molecule has 0 unspecified atom stereocenters.